The van der Waals surface area contributed by atoms with Crippen molar-refractivity contribution in [3.8, 4) is 0 Å². The molecule has 9 heteroatoms. The Kier molecular flexibility index (Phi) is 4.95. The molecule has 0 saturated carbocycles. The van der Waals surface area contributed by atoms with E-state index in [0.717, 1.165) is 4.90 Å². The zero-order valence-corrected chi connectivity index (χ0v) is 17.6. The molecule has 4 rings (SSSR count). The molecule has 1 saturated heterocycles. The predicted molar refractivity (Wildman–Crippen MR) is 115 cm³/mol. The van der Waals surface area contributed by atoms with Gasteiger partial charge in [-0.15, -0.1) is 0 Å². The van der Waals surface area contributed by atoms with Crippen molar-refractivity contribution in [2.24, 2.45) is 9.98 Å². The van der Waals surface area contributed by atoms with Gasteiger partial charge < -0.3 is 0 Å². The summed E-state index contributed by atoms with van der Waals surface area (Å²) in [5.74, 6) is -0.808. The number of likely N-dealkylation sites (N-methyl/N-ethyl adjacent to an activating group) is 1. The molecule has 2 heterocycles. The van der Waals surface area contributed by atoms with Crippen LogP contribution in [0, 0.1) is 0 Å². The van der Waals surface area contributed by atoms with Gasteiger partial charge >= 0.3 is 6.03 Å². The molecule has 0 aliphatic carbocycles. The Morgan fingerprint density at radius 1 is 1.07 bits per heavy atom. The van der Waals surface area contributed by atoms with E-state index in [2.05, 4.69) is 9.98 Å². The lowest BCUT2D eigenvalue weighted by Gasteiger charge is -2.43. The molecular formula is C21H16Cl2N4O3. The van der Waals surface area contributed by atoms with Gasteiger partial charge in [-0.3, -0.25) is 19.4 Å². The Morgan fingerprint density at radius 3 is 2.53 bits per heavy atom. The zero-order valence-electron chi connectivity index (χ0n) is 16.1. The normalized spacial score (nSPS) is 20.5. The van der Waals surface area contributed by atoms with Crippen LogP contribution in [-0.2, 0) is 11.2 Å². The van der Waals surface area contributed by atoms with E-state index in [0.29, 0.717) is 21.7 Å². The van der Waals surface area contributed by atoms with E-state index in [1.807, 2.05) is 0 Å². The van der Waals surface area contributed by atoms with E-state index in [4.69, 9.17) is 23.2 Å². The highest BCUT2D eigenvalue weighted by atomic mass is 35.5. The third kappa shape index (κ3) is 3.02. The van der Waals surface area contributed by atoms with Crippen LogP contribution in [-0.4, -0.2) is 59.3 Å². The largest absolute Gasteiger partial charge is 0.328 e. The first kappa shape index (κ1) is 20.3. The topological polar surface area (TPSA) is 82.4 Å². The number of fused-ring (bicyclic) bond motifs is 1. The van der Waals surface area contributed by atoms with Crippen molar-refractivity contribution in [2.75, 3.05) is 14.1 Å². The molecule has 30 heavy (non-hydrogen) atoms. The highest BCUT2D eigenvalue weighted by Crippen LogP contribution is 2.34. The van der Waals surface area contributed by atoms with E-state index in [9.17, 15) is 14.4 Å². The van der Waals surface area contributed by atoms with E-state index in [-0.39, 0.29) is 22.9 Å². The minimum atomic E-state index is -1.30. The van der Waals surface area contributed by atoms with Gasteiger partial charge in [0.05, 0.1) is 5.02 Å². The fraction of sp³-hybridized carbons (Fsp3) is 0.190. The van der Waals surface area contributed by atoms with Crippen molar-refractivity contribution in [3.63, 3.8) is 0 Å². The number of ketones is 1. The van der Waals surface area contributed by atoms with E-state index < -0.39 is 17.6 Å². The number of imide groups is 1. The maximum absolute atomic E-state index is 13.2. The number of hydrogen-bond donors (Lipinski definition) is 0. The Hall–Kier alpha value is -3.03. The van der Waals surface area contributed by atoms with Crippen molar-refractivity contribution >= 4 is 53.0 Å². The van der Waals surface area contributed by atoms with Gasteiger partial charge in [0.15, 0.2) is 17.2 Å². The second kappa shape index (κ2) is 7.34. The summed E-state index contributed by atoms with van der Waals surface area (Å²) < 4.78 is 0. The summed E-state index contributed by atoms with van der Waals surface area (Å²) in [6.45, 7) is 0. The molecule has 2 aromatic rings. The van der Waals surface area contributed by atoms with Gasteiger partial charge in [-0.2, -0.15) is 0 Å². The minimum Gasteiger partial charge on any atom is -0.297 e. The Labute approximate surface area is 182 Å². The van der Waals surface area contributed by atoms with Crippen LogP contribution in [0.5, 0.6) is 0 Å². The molecule has 0 bridgehead atoms. The average Bonchev–Trinajstić information content (AvgIpc) is 3.15. The fourth-order valence-corrected chi connectivity index (χ4v) is 4.17. The SMILES string of the molecule is CN1C(=O)C2=NC=NC2(Cc2ccccc2C(=O)c2ccc(Cl)cc2Cl)N(C)C1=O. The molecule has 2 aliphatic heterocycles. The summed E-state index contributed by atoms with van der Waals surface area (Å²) in [5.41, 5.74) is 0.139. The summed E-state index contributed by atoms with van der Waals surface area (Å²) >= 11 is 12.2. The van der Waals surface area contributed by atoms with Crippen molar-refractivity contribution < 1.29 is 14.4 Å². The molecule has 1 atom stereocenters. The van der Waals surface area contributed by atoms with Crippen LogP contribution in [0.15, 0.2) is 52.4 Å². The number of aliphatic imine (C=N–C) groups is 2. The summed E-state index contributed by atoms with van der Waals surface area (Å²) in [6, 6.07) is 11.1. The number of rotatable bonds is 4. The first-order valence-corrected chi connectivity index (χ1v) is 9.77. The zero-order chi connectivity index (χ0) is 21.6. The fourth-order valence-electron chi connectivity index (χ4n) is 3.68. The number of carbonyl (C=O) groups is 3. The molecular weight excluding hydrogens is 427 g/mol. The number of hydrogen-bond acceptors (Lipinski definition) is 5. The van der Waals surface area contributed by atoms with Gasteiger partial charge in [0, 0.05) is 36.7 Å². The molecule has 2 aliphatic rings. The average molecular weight is 443 g/mol. The van der Waals surface area contributed by atoms with Gasteiger partial charge in [0.25, 0.3) is 5.91 Å². The van der Waals surface area contributed by atoms with Gasteiger partial charge in [-0.05, 0) is 23.8 Å². The minimum absolute atomic E-state index is 0.108. The Bertz CT molecular complexity index is 1160. The predicted octanol–water partition coefficient (Wildman–Crippen LogP) is 3.47. The van der Waals surface area contributed by atoms with Crippen LogP contribution < -0.4 is 0 Å². The lowest BCUT2D eigenvalue weighted by Crippen LogP contribution is -2.66. The number of benzene rings is 2. The monoisotopic (exact) mass is 442 g/mol. The van der Waals surface area contributed by atoms with Gasteiger partial charge in [-0.1, -0.05) is 47.5 Å². The molecule has 152 valence electrons. The van der Waals surface area contributed by atoms with Crippen molar-refractivity contribution in [3.05, 3.63) is 69.2 Å². The maximum atomic E-state index is 13.2. The molecule has 0 spiro atoms. The molecule has 1 unspecified atom stereocenters. The van der Waals surface area contributed by atoms with Gasteiger partial charge in [-0.25, -0.2) is 14.8 Å². The number of nitrogens with zero attached hydrogens (tertiary/aromatic N) is 4. The molecule has 2 aromatic carbocycles. The van der Waals surface area contributed by atoms with Crippen molar-refractivity contribution in [1.82, 2.24) is 9.80 Å². The third-order valence-corrected chi connectivity index (χ3v) is 5.90. The lowest BCUT2D eigenvalue weighted by molar-refractivity contribution is -0.122. The highest BCUT2D eigenvalue weighted by Gasteiger charge is 2.54. The Balaban J connectivity index is 1.77. The number of amides is 3. The quantitative estimate of drug-likeness (QED) is 0.679. The molecule has 0 radical (unpaired) electrons. The van der Waals surface area contributed by atoms with Crippen LogP contribution >= 0.6 is 23.2 Å². The summed E-state index contributed by atoms with van der Waals surface area (Å²) in [6.07, 6.45) is 1.38. The van der Waals surface area contributed by atoms with Crippen LogP contribution in [0.1, 0.15) is 21.5 Å². The van der Waals surface area contributed by atoms with Gasteiger partial charge in [0.2, 0.25) is 0 Å². The van der Waals surface area contributed by atoms with Crippen LogP contribution in [0.3, 0.4) is 0 Å². The summed E-state index contributed by atoms with van der Waals surface area (Å²) in [4.78, 5) is 49.3. The highest BCUT2D eigenvalue weighted by molar-refractivity contribution is 6.48. The maximum Gasteiger partial charge on any atom is 0.328 e. The second-order valence-corrected chi connectivity index (χ2v) is 7.88. The Morgan fingerprint density at radius 2 is 1.80 bits per heavy atom. The second-order valence-electron chi connectivity index (χ2n) is 7.03. The smallest absolute Gasteiger partial charge is 0.297 e. The first-order valence-electron chi connectivity index (χ1n) is 9.02. The molecule has 0 aromatic heterocycles. The standard InChI is InChI=1S/C21H16Cl2N4O3/c1-26-19(29)18-21(25-11-24-18,27(2)20(26)30)10-12-5-3-4-6-14(12)17(28)15-8-7-13(22)9-16(15)23/h3-9,11H,10H2,1-2H3. The summed E-state index contributed by atoms with van der Waals surface area (Å²) in [5, 5.41) is 0.665. The lowest BCUT2D eigenvalue weighted by atomic mass is 9.87. The van der Waals surface area contributed by atoms with Crippen molar-refractivity contribution in [2.45, 2.75) is 12.1 Å². The molecule has 3 amide bonds. The van der Waals surface area contributed by atoms with E-state index >= 15 is 0 Å². The van der Waals surface area contributed by atoms with Crippen LogP contribution in [0.2, 0.25) is 10.0 Å². The van der Waals surface area contributed by atoms with E-state index in [1.54, 1.807) is 43.4 Å². The molecule has 7 nitrogen and oxygen atoms in total. The molecule has 1 fully saturated rings. The summed E-state index contributed by atoms with van der Waals surface area (Å²) in [7, 11) is 2.95. The first-order chi connectivity index (χ1) is 14.3. The number of halogens is 2. The van der Waals surface area contributed by atoms with Crippen molar-refractivity contribution in [1.29, 1.82) is 0 Å². The number of carbonyl (C=O) groups excluding carboxylic acids is 3. The van der Waals surface area contributed by atoms with E-state index in [1.165, 1.54) is 24.4 Å². The third-order valence-electron chi connectivity index (χ3n) is 5.35. The van der Waals surface area contributed by atoms with Gasteiger partial charge in [0.1, 0.15) is 6.34 Å². The number of urea groups is 1. The van der Waals surface area contributed by atoms with Crippen LogP contribution in [0.25, 0.3) is 0 Å². The van der Waals surface area contributed by atoms with Crippen LogP contribution in [0.4, 0.5) is 4.79 Å². The molecule has 0 N–H and O–H groups in total.